The van der Waals surface area contributed by atoms with E-state index in [0.717, 1.165) is 59.9 Å². The van der Waals surface area contributed by atoms with Gasteiger partial charge in [-0.2, -0.15) is 21.1 Å². The molecular weight excluding hydrogens is 988 g/mol. The molecule has 0 saturated heterocycles. The maximum absolute atomic E-state index is 13.4. The number of hydrogen-bond acceptors (Lipinski definition) is 0. The van der Waals surface area contributed by atoms with Gasteiger partial charge in [0.05, 0.1) is 17.3 Å². The van der Waals surface area contributed by atoms with Crippen LogP contribution in [-0.4, -0.2) is 25.7 Å². The van der Waals surface area contributed by atoms with Crippen molar-refractivity contribution in [2.75, 3.05) is 12.6 Å². The highest BCUT2D eigenvalue weighted by Gasteiger charge is 2.36. The molecule has 13 heteroatoms. The quantitative estimate of drug-likeness (QED) is 0.0159. The molecule has 2 rings (SSSR count). The lowest BCUT2D eigenvalue weighted by atomic mass is 9.92. The van der Waals surface area contributed by atoms with Crippen LogP contribution in [0.2, 0.25) is 21.1 Å². The molecule has 73 heavy (non-hydrogen) atoms. The van der Waals surface area contributed by atoms with E-state index in [1.54, 1.807) is 21.1 Å². The third-order valence-electron chi connectivity index (χ3n) is 16.2. The van der Waals surface area contributed by atoms with Crippen molar-refractivity contribution in [3.8, 4) is 11.1 Å². The van der Waals surface area contributed by atoms with E-state index in [-0.39, 0.29) is 15.0 Å². The fourth-order valence-corrected chi connectivity index (χ4v) is 21.8. The van der Waals surface area contributed by atoms with E-state index in [1.807, 2.05) is 0 Å². The van der Waals surface area contributed by atoms with Crippen LogP contribution in [0.3, 0.4) is 0 Å². The third kappa shape index (κ3) is 25.8. The Balaban J connectivity index is 0.00000151. The lowest BCUT2D eigenvalue weighted by Crippen LogP contribution is -2.41. The van der Waals surface area contributed by atoms with Gasteiger partial charge in [-0.05, 0) is 30.1 Å². The number of halogens is 11. The molecule has 9 unspecified atom stereocenters. The lowest BCUT2D eigenvalue weighted by molar-refractivity contribution is 0.368. The first-order chi connectivity index (χ1) is 34.6. The van der Waals surface area contributed by atoms with Crippen LogP contribution < -0.4 is 0 Å². The lowest BCUT2D eigenvalue weighted by Gasteiger charge is -2.45. The van der Waals surface area contributed by atoms with Crippen molar-refractivity contribution in [3.63, 3.8) is 0 Å². The zero-order valence-electron chi connectivity index (χ0n) is 48.0. The molecular formula is C60H103AlF11P. The molecule has 0 N–H and O–H groups in total. The van der Waals surface area contributed by atoms with Crippen LogP contribution in [0.4, 0.5) is 48.3 Å². The molecule has 0 heterocycles. The molecule has 9 atom stereocenters. The fraction of sp³-hybridized carbons (Fsp3) is 0.800. The van der Waals surface area contributed by atoms with Gasteiger partial charge in [-0.3, -0.25) is 0 Å². The molecule has 2 aromatic carbocycles. The highest BCUT2D eigenvalue weighted by Crippen LogP contribution is 2.43. The van der Waals surface area contributed by atoms with Gasteiger partial charge < -0.3 is 0 Å². The summed E-state index contributed by atoms with van der Waals surface area (Å²) in [7, 11) is 0.152. The van der Waals surface area contributed by atoms with Gasteiger partial charge in [0.25, 0.3) is 0 Å². The maximum Gasteiger partial charge on any atom is 0.200 e. The van der Waals surface area contributed by atoms with Gasteiger partial charge in [-0.1, -0.05) is 242 Å². The Morgan fingerprint density at radius 3 is 0.699 bits per heavy atom. The largest absolute Gasteiger partial charge is 0.207 e. The first kappa shape index (κ1) is 71.6. The summed E-state index contributed by atoms with van der Waals surface area (Å²) in [6, 6.07) is 0. The van der Waals surface area contributed by atoms with Gasteiger partial charge in [0.1, 0.15) is 13.1 Å². The number of rotatable bonds is 36. The summed E-state index contributed by atoms with van der Waals surface area (Å²) in [6.45, 7) is 32.3. The minimum Gasteiger partial charge on any atom is -0.207 e. The van der Waals surface area contributed by atoms with Crippen molar-refractivity contribution in [2.24, 2.45) is 47.3 Å². The Morgan fingerprint density at radius 2 is 0.534 bits per heavy atom. The van der Waals surface area contributed by atoms with Gasteiger partial charge in [0.15, 0.2) is 53.0 Å². The standard InChI is InChI=1S/C12F10.4C11H23.C4H10FP.Al/c13-3-1(4(14)8(18)11(21)7(3)17)2-5(15)9(19)12(22)10(20)6(2)16;4*1-5-7-11(6-2)9-8-10(3)4;1-2-3-6-4-5;/h;4*10-11H,3,5-9H2,1-2,4H3;6H,2-4H2,1H3;/q;;;;;;-1/p+1. The summed E-state index contributed by atoms with van der Waals surface area (Å²) in [5.41, 5.74) is -4.52. The number of benzene rings is 2. The van der Waals surface area contributed by atoms with Crippen LogP contribution >= 0.6 is 8.58 Å². The molecule has 428 valence electrons. The number of hydrogen-bond donors (Lipinski definition) is 0. The van der Waals surface area contributed by atoms with Crippen molar-refractivity contribution in [2.45, 2.75) is 246 Å². The van der Waals surface area contributed by atoms with E-state index in [9.17, 15) is 48.3 Å². The second-order valence-electron chi connectivity index (χ2n) is 22.8. The van der Waals surface area contributed by atoms with Crippen LogP contribution in [0.15, 0.2) is 0 Å². The molecule has 0 aliphatic rings. The van der Waals surface area contributed by atoms with E-state index in [2.05, 4.69) is 90.0 Å². The number of alkyl halides is 1. The zero-order valence-corrected chi connectivity index (χ0v) is 50.3. The Labute approximate surface area is 443 Å². The van der Waals surface area contributed by atoms with Crippen molar-refractivity contribution in [1.29, 1.82) is 0 Å². The second kappa shape index (κ2) is 39.9. The van der Waals surface area contributed by atoms with Crippen molar-refractivity contribution < 1.29 is 48.3 Å². The molecule has 2 aromatic rings. The van der Waals surface area contributed by atoms with Gasteiger partial charge in [0, 0.05) is 8.58 Å². The SMILES string of the molecule is CCCC(CC)CCC(C)[CH2][Al-]([CH2]C(C)CCC(CC)CCC)([CH2]C(C)CCC(CC)CCC)[CH2]C(C)CCC(CC)CCC.CCC[PH2+]CF.Fc1c(F)c(F)c(-c2c(F)c(F)c(F)c(F)c2F)c(F)c1F. The van der Waals surface area contributed by atoms with Gasteiger partial charge >= 0.3 is 0 Å². The smallest absolute Gasteiger partial charge is 0.200 e. The molecule has 0 aliphatic carbocycles. The fourth-order valence-electron chi connectivity index (χ4n) is 12.3. The highest BCUT2D eigenvalue weighted by molar-refractivity contribution is 7.37. The van der Waals surface area contributed by atoms with E-state index in [0.29, 0.717) is 0 Å². The topological polar surface area (TPSA) is 0 Å². The van der Waals surface area contributed by atoms with Gasteiger partial charge in [-0.15, -0.1) is 0 Å². The first-order valence-corrected chi connectivity index (χ1v) is 34.1. The summed E-state index contributed by atoms with van der Waals surface area (Å²) >= 11 is -1.85. The summed E-state index contributed by atoms with van der Waals surface area (Å²) in [5.74, 6) is -19.1. The highest BCUT2D eigenvalue weighted by atomic mass is 31.1. The third-order valence-corrected chi connectivity index (χ3v) is 24.7. The van der Waals surface area contributed by atoms with Crippen molar-refractivity contribution in [1.82, 2.24) is 0 Å². The maximum atomic E-state index is 13.4. The summed E-state index contributed by atoms with van der Waals surface area (Å²) in [5, 5.41) is 6.61. The normalized spacial score (nSPS) is 15.9. The Hall–Kier alpha value is -1.37. The average molecular weight is 1090 g/mol. The average Bonchev–Trinajstić information content (AvgIpc) is 3.37. The summed E-state index contributed by atoms with van der Waals surface area (Å²) in [6.07, 6.45) is 30.9. The second-order valence-corrected chi connectivity index (χ2v) is 29.6. The molecule has 0 nitrogen and oxygen atoms in total. The monoisotopic (exact) mass is 1090 g/mol. The van der Waals surface area contributed by atoms with E-state index < -0.39 is 82.4 Å². The zero-order chi connectivity index (χ0) is 55.8. The Bertz CT molecular complexity index is 1520. The Kier molecular flexibility index (Phi) is 39.2. The molecule has 0 bridgehead atoms. The minimum atomic E-state index is -2.68. The van der Waals surface area contributed by atoms with E-state index >= 15 is 0 Å². The summed E-state index contributed by atoms with van der Waals surface area (Å²) in [4.78, 5) is 0. The molecule has 0 aromatic heterocycles. The molecule has 0 spiro atoms. The van der Waals surface area contributed by atoms with E-state index in [4.69, 9.17) is 0 Å². The van der Waals surface area contributed by atoms with Crippen LogP contribution in [0.5, 0.6) is 0 Å². The molecule has 0 saturated carbocycles. The first-order valence-electron chi connectivity index (χ1n) is 29.2. The van der Waals surface area contributed by atoms with Crippen LogP contribution in [0.1, 0.15) is 225 Å². The van der Waals surface area contributed by atoms with Crippen LogP contribution in [0.25, 0.3) is 11.1 Å². The predicted molar refractivity (Wildman–Crippen MR) is 296 cm³/mol. The van der Waals surface area contributed by atoms with Crippen LogP contribution in [0, 0.1) is 106 Å². The molecule has 0 radical (unpaired) electrons. The van der Waals surface area contributed by atoms with Crippen molar-refractivity contribution >= 4 is 21.7 Å². The van der Waals surface area contributed by atoms with Gasteiger partial charge in [-0.25, -0.2) is 48.3 Å². The summed E-state index contributed by atoms with van der Waals surface area (Å²) < 4.78 is 142. The Morgan fingerprint density at radius 1 is 0.315 bits per heavy atom. The van der Waals surface area contributed by atoms with E-state index in [1.165, 1.54) is 128 Å². The molecule has 0 amide bonds. The molecule has 0 fully saturated rings. The predicted octanol–water partition coefficient (Wildman–Crippen LogP) is 22.9. The van der Waals surface area contributed by atoms with Gasteiger partial charge in [0.2, 0.25) is 11.6 Å². The van der Waals surface area contributed by atoms with Crippen molar-refractivity contribution in [3.05, 3.63) is 58.2 Å². The molecule has 0 aliphatic heterocycles. The van der Waals surface area contributed by atoms with Crippen LogP contribution in [-0.2, 0) is 0 Å². The minimum absolute atomic E-state index is 0.0617.